The molecule has 0 spiro atoms. The van der Waals surface area contributed by atoms with Gasteiger partial charge in [-0.3, -0.25) is 0 Å². The van der Waals surface area contributed by atoms with Gasteiger partial charge in [0.1, 0.15) is 5.75 Å². The topological polar surface area (TPSA) is 55.8 Å². The molecular formula is C14H14O4. The average Bonchev–Trinajstić information content (AvgIpc) is 2.37. The molecule has 0 aliphatic heterocycles. The van der Waals surface area contributed by atoms with Gasteiger partial charge in [-0.15, -0.1) is 0 Å². The number of aromatic carboxylic acids is 1. The molecule has 94 valence electrons. The summed E-state index contributed by atoms with van der Waals surface area (Å²) in [5.74, 6) is -0.179. The van der Waals surface area contributed by atoms with Crippen LogP contribution in [-0.2, 0) is 4.74 Å². The van der Waals surface area contributed by atoms with E-state index in [1.807, 2.05) is 19.1 Å². The number of ether oxygens (including phenoxy) is 2. The van der Waals surface area contributed by atoms with Crippen molar-refractivity contribution < 1.29 is 19.4 Å². The zero-order valence-electron chi connectivity index (χ0n) is 10.3. The summed E-state index contributed by atoms with van der Waals surface area (Å²) in [5, 5.41) is 10.8. The maximum Gasteiger partial charge on any atom is 0.335 e. The third-order valence-electron chi connectivity index (χ3n) is 2.82. The Morgan fingerprint density at radius 3 is 2.72 bits per heavy atom. The quantitative estimate of drug-likeness (QED) is 0.843. The molecule has 0 saturated heterocycles. The Balaban J connectivity index is 2.48. The van der Waals surface area contributed by atoms with Gasteiger partial charge in [-0.25, -0.2) is 4.79 Å². The Morgan fingerprint density at radius 2 is 2.06 bits per heavy atom. The highest BCUT2D eigenvalue weighted by molar-refractivity contribution is 5.96. The van der Waals surface area contributed by atoms with Crippen LogP contribution in [0, 0.1) is 6.92 Å². The smallest absolute Gasteiger partial charge is 0.335 e. The Labute approximate surface area is 105 Å². The summed E-state index contributed by atoms with van der Waals surface area (Å²) in [6.07, 6.45) is 0. The number of fused-ring (bicyclic) bond motifs is 1. The van der Waals surface area contributed by atoms with Crippen molar-refractivity contribution >= 4 is 16.7 Å². The molecule has 4 heteroatoms. The summed E-state index contributed by atoms with van der Waals surface area (Å²) in [4.78, 5) is 10.9. The van der Waals surface area contributed by atoms with Crippen molar-refractivity contribution in [3.63, 3.8) is 0 Å². The Bertz CT molecular complexity index is 590. The second kappa shape index (κ2) is 5.06. The van der Waals surface area contributed by atoms with Gasteiger partial charge >= 0.3 is 5.97 Å². The lowest BCUT2D eigenvalue weighted by Crippen LogP contribution is -2.01. The zero-order valence-corrected chi connectivity index (χ0v) is 10.3. The number of carboxylic acids is 1. The number of methoxy groups -OCH3 is 1. The van der Waals surface area contributed by atoms with E-state index in [2.05, 4.69) is 0 Å². The van der Waals surface area contributed by atoms with Gasteiger partial charge in [-0.2, -0.15) is 0 Å². The first-order valence-electron chi connectivity index (χ1n) is 5.52. The third-order valence-corrected chi connectivity index (χ3v) is 2.82. The molecule has 2 rings (SSSR count). The van der Waals surface area contributed by atoms with Crippen LogP contribution in [0.5, 0.6) is 5.75 Å². The van der Waals surface area contributed by atoms with Gasteiger partial charge in [0.15, 0.2) is 6.79 Å². The molecule has 0 radical (unpaired) electrons. The molecule has 0 fully saturated rings. The highest BCUT2D eigenvalue weighted by Crippen LogP contribution is 2.28. The normalized spacial score (nSPS) is 10.6. The Morgan fingerprint density at radius 1 is 1.28 bits per heavy atom. The summed E-state index contributed by atoms with van der Waals surface area (Å²) in [6, 6.07) is 8.72. The van der Waals surface area contributed by atoms with Crippen LogP contribution in [0.15, 0.2) is 30.3 Å². The van der Waals surface area contributed by atoms with Crippen LogP contribution in [0.2, 0.25) is 0 Å². The fraction of sp³-hybridized carbons (Fsp3) is 0.214. The largest absolute Gasteiger partial charge is 0.478 e. The van der Waals surface area contributed by atoms with E-state index in [-0.39, 0.29) is 12.4 Å². The van der Waals surface area contributed by atoms with Crippen molar-refractivity contribution in [2.75, 3.05) is 13.9 Å². The van der Waals surface area contributed by atoms with Gasteiger partial charge in [-0.1, -0.05) is 12.1 Å². The van der Waals surface area contributed by atoms with Gasteiger partial charge in [0, 0.05) is 7.11 Å². The van der Waals surface area contributed by atoms with Crippen molar-refractivity contribution in [2.45, 2.75) is 6.92 Å². The van der Waals surface area contributed by atoms with Gasteiger partial charge < -0.3 is 14.6 Å². The van der Waals surface area contributed by atoms with Gasteiger partial charge in [0.05, 0.1) is 5.56 Å². The molecule has 0 heterocycles. The molecule has 0 unspecified atom stereocenters. The molecule has 2 aromatic carbocycles. The fourth-order valence-electron chi connectivity index (χ4n) is 1.88. The maximum atomic E-state index is 10.9. The van der Waals surface area contributed by atoms with Gasteiger partial charge in [-0.05, 0) is 41.5 Å². The molecule has 1 N–H and O–H groups in total. The first-order valence-corrected chi connectivity index (χ1v) is 5.52. The Kier molecular flexibility index (Phi) is 3.48. The third kappa shape index (κ3) is 2.28. The van der Waals surface area contributed by atoms with Gasteiger partial charge in [0.2, 0.25) is 0 Å². The summed E-state index contributed by atoms with van der Waals surface area (Å²) in [5.41, 5.74) is 1.26. The van der Waals surface area contributed by atoms with E-state index < -0.39 is 5.97 Å². The minimum Gasteiger partial charge on any atom is -0.478 e. The number of aryl methyl sites for hydroxylation is 1. The first kappa shape index (κ1) is 12.4. The van der Waals surface area contributed by atoms with Crippen LogP contribution < -0.4 is 4.74 Å². The van der Waals surface area contributed by atoms with E-state index in [0.29, 0.717) is 0 Å². The molecule has 0 aliphatic rings. The summed E-state index contributed by atoms with van der Waals surface area (Å²) < 4.78 is 10.3. The highest BCUT2D eigenvalue weighted by atomic mass is 16.7. The molecular weight excluding hydrogens is 232 g/mol. The predicted molar refractivity (Wildman–Crippen MR) is 68.1 cm³/mol. The van der Waals surface area contributed by atoms with Crippen molar-refractivity contribution in [2.24, 2.45) is 0 Å². The lowest BCUT2D eigenvalue weighted by Gasteiger charge is -2.10. The Hall–Kier alpha value is -2.07. The summed E-state index contributed by atoms with van der Waals surface area (Å²) in [7, 11) is 1.56. The van der Waals surface area contributed by atoms with Crippen LogP contribution in [0.3, 0.4) is 0 Å². The highest BCUT2D eigenvalue weighted by Gasteiger charge is 2.08. The minimum atomic E-state index is -0.922. The second-order valence-corrected chi connectivity index (χ2v) is 3.98. The first-order chi connectivity index (χ1) is 8.63. The number of hydrogen-bond donors (Lipinski definition) is 1. The number of carbonyl (C=O) groups is 1. The SMILES string of the molecule is COCOc1ccc2cc(C(=O)O)ccc2c1C. The van der Waals surface area contributed by atoms with E-state index in [0.717, 1.165) is 22.1 Å². The summed E-state index contributed by atoms with van der Waals surface area (Å²) in [6.45, 7) is 2.13. The predicted octanol–water partition coefficient (Wildman–Crippen LogP) is 2.83. The number of rotatable bonds is 4. The lowest BCUT2D eigenvalue weighted by molar-refractivity contribution is 0.0507. The molecule has 0 aromatic heterocycles. The lowest BCUT2D eigenvalue weighted by atomic mass is 10.0. The average molecular weight is 246 g/mol. The molecule has 4 nitrogen and oxygen atoms in total. The van der Waals surface area contributed by atoms with E-state index in [1.165, 1.54) is 0 Å². The number of benzene rings is 2. The standard InChI is InChI=1S/C14H14O4/c1-9-12-5-3-11(14(15)16)7-10(12)4-6-13(9)18-8-17-2/h3-7H,8H2,1-2H3,(H,15,16). The van der Waals surface area contributed by atoms with E-state index in [1.54, 1.807) is 25.3 Å². The van der Waals surface area contributed by atoms with Gasteiger partial charge in [0.25, 0.3) is 0 Å². The van der Waals surface area contributed by atoms with Crippen LogP contribution >= 0.6 is 0 Å². The minimum absolute atomic E-state index is 0.194. The van der Waals surface area contributed by atoms with Crippen molar-refractivity contribution in [1.29, 1.82) is 0 Å². The second-order valence-electron chi connectivity index (χ2n) is 3.98. The van der Waals surface area contributed by atoms with Crippen LogP contribution in [0.4, 0.5) is 0 Å². The van der Waals surface area contributed by atoms with Crippen molar-refractivity contribution in [3.05, 3.63) is 41.5 Å². The van der Waals surface area contributed by atoms with E-state index in [4.69, 9.17) is 14.6 Å². The molecule has 0 saturated carbocycles. The van der Waals surface area contributed by atoms with Crippen LogP contribution in [0.1, 0.15) is 15.9 Å². The zero-order chi connectivity index (χ0) is 13.1. The molecule has 18 heavy (non-hydrogen) atoms. The molecule has 0 atom stereocenters. The number of hydrogen-bond acceptors (Lipinski definition) is 3. The van der Waals surface area contributed by atoms with E-state index in [9.17, 15) is 4.79 Å². The van der Waals surface area contributed by atoms with Crippen LogP contribution in [-0.4, -0.2) is 25.0 Å². The monoisotopic (exact) mass is 246 g/mol. The maximum absolute atomic E-state index is 10.9. The number of carboxylic acid groups (broad SMARTS) is 1. The van der Waals surface area contributed by atoms with Crippen molar-refractivity contribution in [3.8, 4) is 5.75 Å². The molecule has 0 aliphatic carbocycles. The van der Waals surface area contributed by atoms with E-state index >= 15 is 0 Å². The van der Waals surface area contributed by atoms with Crippen LogP contribution in [0.25, 0.3) is 10.8 Å². The molecule has 0 bridgehead atoms. The van der Waals surface area contributed by atoms with Crippen molar-refractivity contribution in [1.82, 2.24) is 0 Å². The fourth-order valence-corrected chi connectivity index (χ4v) is 1.88. The summed E-state index contributed by atoms with van der Waals surface area (Å²) >= 11 is 0. The molecule has 2 aromatic rings. The molecule has 0 amide bonds.